The molecule has 0 radical (unpaired) electrons. The zero-order valence-electron chi connectivity index (χ0n) is 14.8. The molecule has 0 unspecified atom stereocenters. The molecule has 0 saturated carbocycles. The standard InChI is InChI=1S/C19H25N3O2S/c1-13-6-5-7-14(2)22(12-13)17(23)10-11-21-18(24)15-8-3-4-9-16(15)20-19(21)25/h3-4,8-9,13-14H,5-7,10-12H2,1-2H3,(H,20,25)/t13-,14+/m1/s1. The van der Waals surface area contributed by atoms with Crippen LogP contribution in [0.1, 0.15) is 39.5 Å². The lowest BCUT2D eigenvalue weighted by atomic mass is 10.1. The second-order valence-electron chi connectivity index (χ2n) is 7.11. The van der Waals surface area contributed by atoms with Crippen LogP contribution in [-0.2, 0) is 11.3 Å². The molecule has 3 rings (SSSR count). The second-order valence-corrected chi connectivity index (χ2v) is 7.50. The highest BCUT2D eigenvalue weighted by Gasteiger charge is 2.24. The molecule has 1 aliphatic rings. The number of H-pyrrole nitrogens is 1. The van der Waals surface area contributed by atoms with Gasteiger partial charge in [0.15, 0.2) is 4.77 Å². The molecule has 25 heavy (non-hydrogen) atoms. The summed E-state index contributed by atoms with van der Waals surface area (Å²) in [7, 11) is 0. The summed E-state index contributed by atoms with van der Waals surface area (Å²) in [5, 5.41) is 0.598. The van der Waals surface area contributed by atoms with E-state index in [9.17, 15) is 9.59 Å². The third-order valence-electron chi connectivity index (χ3n) is 5.12. The van der Waals surface area contributed by atoms with Crippen LogP contribution in [0.15, 0.2) is 29.1 Å². The van der Waals surface area contributed by atoms with Crippen LogP contribution >= 0.6 is 12.2 Å². The van der Waals surface area contributed by atoms with E-state index in [-0.39, 0.29) is 17.5 Å². The SMILES string of the molecule is C[C@@H]1CCC[C@H](C)N(C(=O)CCn2c(=S)[nH]c3ccccc3c2=O)C1. The van der Waals surface area contributed by atoms with Crippen molar-refractivity contribution in [3.8, 4) is 0 Å². The number of likely N-dealkylation sites (tertiary alicyclic amines) is 1. The van der Waals surface area contributed by atoms with E-state index in [1.807, 2.05) is 23.1 Å². The van der Waals surface area contributed by atoms with Crippen LogP contribution in [0.5, 0.6) is 0 Å². The zero-order chi connectivity index (χ0) is 18.0. The number of hydrogen-bond donors (Lipinski definition) is 1. The molecule has 2 atom stereocenters. The lowest BCUT2D eigenvalue weighted by Crippen LogP contribution is -2.40. The summed E-state index contributed by atoms with van der Waals surface area (Å²) >= 11 is 5.32. The van der Waals surface area contributed by atoms with Gasteiger partial charge >= 0.3 is 0 Å². The molecule has 2 aromatic rings. The molecule has 0 aliphatic carbocycles. The van der Waals surface area contributed by atoms with Crippen molar-refractivity contribution >= 4 is 29.0 Å². The van der Waals surface area contributed by atoms with Gasteiger partial charge in [-0.15, -0.1) is 0 Å². The maximum absolute atomic E-state index is 12.7. The van der Waals surface area contributed by atoms with E-state index in [0.717, 1.165) is 18.5 Å². The number of carbonyl (C=O) groups excluding carboxylic acids is 1. The fourth-order valence-electron chi connectivity index (χ4n) is 3.63. The van der Waals surface area contributed by atoms with Gasteiger partial charge < -0.3 is 9.88 Å². The highest BCUT2D eigenvalue weighted by molar-refractivity contribution is 7.71. The lowest BCUT2D eigenvalue weighted by molar-refractivity contribution is -0.133. The molecular formula is C19H25N3O2S. The first-order valence-corrected chi connectivity index (χ1v) is 9.39. The van der Waals surface area contributed by atoms with Crippen LogP contribution in [0.25, 0.3) is 10.9 Å². The Labute approximate surface area is 152 Å². The topological polar surface area (TPSA) is 58.1 Å². The zero-order valence-corrected chi connectivity index (χ0v) is 15.6. The second kappa shape index (κ2) is 7.52. The third-order valence-corrected chi connectivity index (χ3v) is 5.44. The number of nitrogens with one attached hydrogen (secondary N) is 1. The first kappa shape index (κ1) is 17.9. The Hall–Kier alpha value is -1.95. The van der Waals surface area contributed by atoms with E-state index in [1.165, 1.54) is 17.4 Å². The molecule has 1 amide bonds. The van der Waals surface area contributed by atoms with Gasteiger partial charge in [0.1, 0.15) is 0 Å². The van der Waals surface area contributed by atoms with Crippen LogP contribution in [-0.4, -0.2) is 32.9 Å². The summed E-state index contributed by atoms with van der Waals surface area (Å²) in [5.41, 5.74) is 0.597. The molecule has 1 fully saturated rings. The molecule has 1 aromatic heterocycles. The van der Waals surface area contributed by atoms with E-state index >= 15 is 0 Å². The summed E-state index contributed by atoms with van der Waals surface area (Å²) in [5.74, 6) is 0.635. The van der Waals surface area contributed by atoms with E-state index < -0.39 is 0 Å². The molecular weight excluding hydrogens is 334 g/mol. The number of carbonyl (C=O) groups is 1. The fraction of sp³-hybridized carbons (Fsp3) is 0.526. The molecule has 0 spiro atoms. The van der Waals surface area contributed by atoms with Crippen molar-refractivity contribution in [2.75, 3.05) is 6.54 Å². The van der Waals surface area contributed by atoms with Gasteiger partial charge in [0.2, 0.25) is 5.91 Å². The third kappa shape index (κ3) is 3.84. The van der Waals surface area contributed by atoms with Gasteiger partial charge in [-0.05, 0) is 50.0 Å². The Morgan fingerprint density at radius 1 is 1.28 bits per heavy atom. The summed E-state index contributed by atoms with van der Waals surface area (Å²) in [6.45, 7) is 5.43. The van der Waals surface area contributed by atoms with Crippen molar-refractivity contribution in [3.05, 3.63) is 39.4 Å². The molecule has 134 valence electrons. The predicted octanol–water partition coefficient (Wildman–Crippen LogP) is 3.49. The Kier molecular flexibility index (Phi) is 5.37. The number of nitrogens with zero attached hydrogens (tertiary/aromatic N) is 2. The molecule has 0 bridgehead atoms. The van der Waals surface area contributed by atoms with E-state index in [1.54, 1.807) is 6.07 Å². The van der Waals surface area contributed by atoms with E-state index in [4.69, 9.17) is 12.2 Å². The van der Waals surface area contributed by atoms with Crippen LogP contribution in [0.4, 0.5) is 0 Å². The summed E-state index contributed by atoms with van der Waals surface area (Å²) in [4.78, 5) is 30.5. The maximum atomic E-state index is 12.7. The van der Waals surface area contributed by atoms with Crippen LogP contribution in [0, 0.1) is 10.7 Å². The van der Waals surface area contributed by atoms with E-state index in [2.05, 4.69) is 18.8 Å². The van der Waals surface area contributed by atoms with Crippen molar-refractivity contribution in [2.24, 2.45) is 5.92 Å². The minimum Gasteiger partial charge on any atom is -0.340 e. The number of fused-ring (bicyclic) bond motifs is 1. The average molecular weight is 359 g/mol. The van der Waals surface area contributed by atoms with Crippen molar-refractivity contribution in [1.82, 2.24) is 14.5 Å². The summed E-state index contributed by atoms with van der Waals surface area (Å²) < 4.78 is 1.87. The molecule has 6 heteroatoms. The number of rotatable bonds is 3. The number of hydrogen-bond acceptors (Lipinski definition) is 3. The first-order chi connectivity index (χ1) is 12.0. The molecule has 2 heterocycles. The van der Waals surface area contributed by atoms with Crippen LogP contribution in [0.3, 0.4) is 0 Å². The van der Waals surface area contributed by atoms with Crippen molar-refractivity contribution in [3.63, 3.8) is 0 Å². The monoisotopic (exact) mass is 359 g/mol. The van der Waals surface area contributed by atoms with Crippen molar-refractivity contribution < 1.29 is 4.79 Å². The number of benzene rings is 1. The predicted molar refractivity (Wildman–Crippen MR) is 102 cm³/mol. The van der Waals surface area contributed by atoms with Gasteiger partial charge in [-0.1, -0.05) is 25.5 Å². The lowest BCUT2D eigenvalue weighted by Gasteiger charge is -2.29. The first-order valence-electron chi connectivity index (χ1n) is 8.98. The quantitative estimate of drug-likeness (QED) is 0.854. The fourth-order valence-corrected chi connectivity index (χ4v) is 3.91. The summed E-state index contributed by atoms with van der Waals surface area (Å²) in [6.07, 6.45) is 3.68. The Morgan fingerprint density at radius 3 is 2.84 bits per heavy atom. The van der Waals surface area contributed by atoms with Crippen molar-refractivity contribution in [1.29, 1.82) is 0 Å². The average Bonchev–Trinajstić information content (AvgIpc) is 2.75. The van der Waals surface area contributed by atoms with E-state index in [0.29, 0.717) is 29.0 Å². The highest BCUT2D eigenvalue weighted by atomic mass is 32.1. The molecule has 5 nitrogen and oxygen atoms in total. The van der Waals surface area contributed by atoms with Crippen LogP contribution in [0.2, 0.25) is 0 Å². The Morgan fingerprint density at radius 2 is 2.04 bits per heavy atom. The van der Waals surface area contributed by atoms with Gasteiger partial charge in [-0.25, -0.2) is 0 Å². The van der Waals surface area contributed by atoms with Gasteiger partial charge in [0, 0.05) is 25.6 Å². The minimum absolute atomic E-state index is 0.107. The summed E-state index contributed by atoms with van der Waals surface area (Å²) in [6, 6.07) is 7.57. The number of aromatic amines is 1. The van der Waals surface area contributed by atoms with Crippen LogP contribution < -0.4 is 5.56 Å². The maximum Gasteiger partial charge on any atom is 0.262 e. The molecule has 1 aromatic carbocycles. The van der Waals surface area contributed by atoms with Gasteiger partial charge in [0.05, 0.1) is 10.9 Å². The minimum atomic E-state index is -0.135. The largest absolute Gasteiger partial charge is 0.340 e. The number of aromatic nitrogens is 2. The smallest absolute Gasteiger partial charge is 0.262 e. The molecule has 1 saturated heterocycles. The number of para-hydroxylation sites is 1. The van der Waals surface area contributed by atoms with Gasteiger partial charge in [0.25, 0.3) is 5.56 Å². The Balaban J connectivity index is 1.79. The van der Waals surface area contributed by atoms with Gasteiger partial charge in [-0.3, -0.25) is 14.2 Å². The normalized spacial score (nSPS) is 21.3. The molecule has 1 N–H and O–H groups in total. The molecule has 1 aliphatic heterocycles. The van der Waals surface area contributed by atoms with Gasteiger partial charge in [-0.2, -0.15) is 0 Å². The number of amides is 1. The highest BCUT2D eigenvalue weighted by Crippen LogP contribution is 2.21. The Bertz CT molecular complexity index is 886. The van der Waals surface area contributed by atoms with Crippen molar-refractivity contribution in [2.45, 2.75) is 52.1 Å².